The van der Waals surface area contributed by atoms with Crippen LogP contribution in [0.25, 0.3) is 21.9 Å². The van der Waals surface area contributed by atoms with E-state index in [-0.39, 0.29) is 17.2 Å². The summed E-state index contributed by atoms with van der Waals surface area (Å²) < 4.78 is 0. The molecule has 0 atom stereocenters. The van der Waals surface area contributed by atoms with E-state index in [0.29, 0.717) is 16.5 Å². The zero-order valence-electron chi connectivity index (χ0n) is 10.0. The van der Waals surface area contributed by atoms with E-state index in [1.807, 2.05) is 6.07 Å². The second-order valence-corrected chi connectivity index (χ2v) is 4.35. The second kappa shape index (κ2) is 4.21. The number of rotatable bonds is 1. The third-order valence-electron chi connectivity index (χ3n) is 3.19. The van der Waals surface area contributed by atoms with Crippen LogP contribution in [0.1, 0.15) is 0 Å². The maximum atomic E-state index is 10.3. The third-order valence-corrected chi connectivity index (χ3v) is 3.19. The molecule has 0 heterocycles. The number of aromatic hydroxyl groups is 3. The molecule has 0 bridgehead atoms. The fourth-order valence-corrected chi connectivity index (χ4v) is 2.26. The summed E-state index contributed by atoms with van der Waals surface area (Å²) >= 11 is 0. The van der Waals surface area contributed by atoms with Crippen LogP contribution in [0.5, 0.6) is 17.2 Å². The van der Waals surface area contributed by atoms with Crippen LogP contribution in [-0.2, 0) is 0 Å². The lowest BCUT2D eigenvalue weighted by Crippen LogP contribution is -1.83. The summed E-state index contributed by atoms with van der Waals surface area (Å²) in [5, 5.41) is 31.2. The smallest absolute Gasteiger partial charge is 0.135 e. The summed E-state index contributed by atoms with van der Waals surface area (Å²) in [5.41, 5.74) is 1.03. The fraction of sp³-hybridized carbons (Fsp3) is 0. The largest absolute Gasteiger partial charge is 0.507 e. The molecule has 0 radical (unpaired) electrons. The van der Waals surface area contributed by atoms with Crippen molar-refractivity contribution in [2.24, 2.45) is 0 Å². The Hall–Kier alpha value is -2.68. The normalized spacial score (nSPS) is 10.7. The molecule has 0 saturated heterocycles. The average molecular weight is 252 g/mol. The molecule has 0 aliphatic heterocycles. The molecule has 0 aliphatic rings. The van der Waals surface area contributed by atoms with Gasteiger partial charge in [0.15, 0.2) is 0 Å². The van der Waals surface area contributed by atoms with E-state index < -0.39 is 0 Å². The highest BCUT2D eigenvalue weighted by atomic mass is 16.3. The van der Waals surface area contributed by atoms with Gasteiger partial charge in [-0.2, -0.15) is 0 Å². The molecule has 0 saturated carbocycles. The Morgan fingerprint density at radius 1 is 0.579 bits per heavy atom. The summed E-state index contributed by atoms with van der Waals surface area (Å²) in [7, 11) is 0. The highest BCUT2D eigenvalue weighted by Gasteiger charge is 2.13. The van der Waals surface area contributed by atoms with Gasteiger partial charge in [-0.15, -0.1) is 0 Å². The minimum atomic E-state index is -0.0305. The third kappa shape index (κ3) is 1.76. The Labute approximate surface area is 110 Å². The maximum Gasteiger partial charge on any atom is 0.135 e. The number of hydrogen-bond donors (Lipinski definition) is 3. The van der Waals surface area contributed by atoms with E-state index in [1.54, 1.807) is 42.5 Å². The van der Waals surface area contributed by atoms with Crippen LogP contribution in [0.4, 0.5) is 0 Å². The van der Waals surface area contributed by atoms with Crippen molar-refractivity contribution in [2.45, 2.75) is 0 Å². The van der Waals surface area contributed by atoms with Crippen molar-refractivity contribution in [3.63, 3.8) is 0 Å². The molecule has 0 amide bonds. The van der Waals surface area contributed by atoms with Crippen LogP contribution >= 0.6 is 0 Å². The minimum Gasteiger partial charge on any atom is -0.507 e. The minimum absolute atomic E-state index is 0.0206. The Kier molecular flexibility index (Phi) is 2.53. The maximum absolute atomic E-state index is 10.3. The summed E-state index contributed by atoms with van der Waals surface area (Å²) in [5.74, 6) is 0.0805. The predicted molar refractivity (Wildman–Crippen MR) is 74.4 cm³/mol. The van der Waals surface area contributed by atoms with E-state index in [4.69, 9.17) is 0 Å². The fourth-order valence-electron chi connectivity index (χ4n) is 2.26. The van der Waals surface area contributed by atoms with Crippen molar-refractivity contribution in [1.29, 1.82) is 0 Å². The van der Waals surface area contributed by atoms with Gasteiger partial charge in [0, 0.05) is 11.1 Å². The monoisotopic (exact) mass is 252 g/mol. The Morgan fingerprint density at radius 3 is 2.11 bits per heavy atom. The first kappa shape index (κ1) is 11.4. The lowest BCUT2D eigenvalue weighted by Gasteiger charge is -2.10. The van der Waals surface area contributed by atoms with Gasteiger partial charge in [-0.3, -0.25) is 0 Å². The molecular weight excluding hydrogens is 240 g/mol. The molecule has 0 fully saturated rings. The molecule has 94 valence electrons. The average Bonchev–Trinajstić information content (AvgIpc) is 2.40. The number of benzene rings is 3. The van der Waals surface area contributed by atoms with Crippen molar-refractivity contribution in [3.8, 4) is 28.4 Å². The van der Waals surface area contributed by atoms with Gasteiger partial charge < -0.3 is 15.3 Å². The van der Waals surface area contributed by atoms with Crippen LogP contribution < -0.4 is 0 Å². The van der Waals surface area contributed by atoms with E-state index >= 15 is 0 Å². The van der Waals surface area contributed by atoms with E-state index in [2.05, 4.69) is 0 Å². The van der Waals surface area contributed by atoms with Crippen LogP contribution in [0.15, 0.2) is 54.6 Å². The van der Waals surface area contributed by atoms with Crippen LogP contribution in [0.3, 0.4) is 0 Å². The van der Waals surface area contributed by atoms with Crippen LogP contribution in [0.2, 0.25) is 0 Å². The SMILES string of the molecule is Oc1ccccc1-c1ccc2cccc(O)c2c1O. The van der Waals surface area contributed by atoms with Gasteiger partial charge in [-0.25, -0.2) is 0 Å². The quantitative estimate of drug-likeness (QED) is 0.619. The summed E-state index contributed by atoms with van der Waals surface area (Å²) in [6.45, 7) is 0. The molecule has 0 spiro atoms. The summed E-state index contributed by atoms with van der Waals surface area (Å²) in [6, 6.07) is 15.4. The van der Waals surface area contributed by atoms with E-state index in [1.165, 1.54) is 6.07 Å². The van der Waals surface area contributed by atoms with E-state index in [0.717, 1.165) is 5.39 Å². The van der Waals surface area contributed by atoms with Crippen LogP contribution in [-0.4, -0.2) is 15.3 Å². The lowest BCUT2D eigenvalue weighted by molar-refractivity contribution is 0.462. The van der Waals surface area contributed by atoms with Gasteiger partial charge in [0.2, 0.25) is 0 Å². The standard InChI is InChI=1S/C16H12O3/c17-13-6-2-1-5-11(13)12-9-8-10-4-3-7-14(18)15(10)16(12)19/h1-9,17-19H. The summed E-state index contributed by atoms with van der Waals surface area (Å²) in [4.78, 5) is 0. The van der Waals surface area contributed by atoms with Gasteiger partial charge in [0.1, 0.15) is 17.2 Å². The van der Waals surface area contributed by atoms with Crippen molar-refractivity contribution in [2.75, 3.05) is 0 Å². The van der Waals surface area contributed by atoms with Crippen molar-refractivity contribution >= 4 is 10.8 Å². The highest BCUT2D eigenvalue weighted by Crippen LogP contribution is 2.42. The van der Waals surface area contributed by atoms with Crippen LogP contribution in [0, 0.1) is 0 Å². The molecule has 19 heavy (non-hydrogen) atoms. The van der Waals surface area contributed by atoms with Crippen molar-refractivity contribution in [3.05, 3.63) is 54.6 Å². The predicted octanol–water partition coefficient (Wildman–Crippen LogP) is 3.62. The van der Waals surface area contributed by atoms with Gasteiger partial charge >= 0.3 is 0 Å². The molecule has 0 aliphatic carbocycles. The molecule has 0 unspecified atom stereocenters. The Balaban J connectivity index is 2.35. The lowest BCUT2D eigenvalue weighted by atomic mass is 9.98. The first-order chi connectivity index (χ1) is 9.18. The topological polar surface area (TPSA) is 60.7 Å². The molecule has 3 heteroatoms. The highest BCUT2D eigenvalue weighted by molar-refractivity contribution is 5.99. The number of hydrogen-bond acceptors (Lipinski definition) is 3. The molecule has 3 aromatic carbocycles. The first-order valence-electron chi connectivity index (χ1n) is 5.90. The van der Waals surface area contributed by atoms with Crippen molar-refractivity contribution < 1.29 is 15.3 Å². The van der Waals surface area contributed by atoms with Gasteiger partial charge in [0.25, 0.3) is 0 Å². The second-order valence-electron chi connectivity index (χ2n) is 4.35. The Bertz CT molecular complexity index is 763. The number of para-hydroxylation sites is 1. The zero-order chi connectivity index (χ0) is 13.4. The number of phenolic OH excluding ortho intramolecular Hbond substituents is 3. The first-order valence-corrected chi connectivity index (χ1v) is 5.90. The number of phenols is 3. The van der Waals surface area contributed by atoms with Gasteiger partial charge in [-0.1, -0.05) is 36.4 Å². The zero-order valence-corrected chi connectivity index (χ0v) is 10.0. The molecule has 0 aromatic heterocycles. The molecule has 3 nitrogen and oxygen atoms in total. The van der Waals surface area contributed by atoms with E-state index in [9.17, 15) is 15.3 Å². The molecule has 3 aromatic rings. The van der Waals surface area contributed by atoms with Gasteiger partial charge in [-0.05, 0) is 23.6 Å². The molecule has 3 rings (SSSR count). The Morgan fingerprint density at radius 2 is 1.32 bits per heavy atom. The molecular formula is C16H12O3. The van der Waals surface area contributed by atoms with Crippen molar-refractivity contribution in [1.82, 2.24) is 0 Å². The molecule has 3 N–H and O–H groups in total. The summed E-state index contributed by atoms with van der Waals surface area (Å²) in [6.07, 6.45) is 0. The van der Waals surface area contributed by atoms with Gasteiger partial charge in [0.05, 0.1) is 5.39 Å². The number of fused-ring (bicyclic) bond motifs is 1.